The number of carbonyl (C=O) groups is 2. The second-order valence-electron chi connectivity index (χ2n) is 7.67. The van der Waals surface area contributed by atoms with Crippen molar-refractivity contribution in [2.75, 3.05) is 11.9 Å². The SMILES string of the molecule is CCCCCNC(=O)c1ccnc(C(=O)Nc2ccc(C(C)(C)C)cc2)c1. The summed E-state index contributed by atoms with van der Waals surface area (Å²) in [5, 5.41) is 5.70. The molecule has 27 heavy (non-hydrogen) atoms. The monoisotopic (exact) mass is 367 g/mol. The highest BCUT2D eigenvalue weighted by Crippen LogP contribution is 2.23. The summed E-state index contributed by atoms with van der Waals surface area (Å²) >= 11 is 0. The molecule has 2 amide bonds. The van der Waals surface area contributed by atoms with E-state index >= 15 is 0 Å². The molecule has 0 saturated heterocycles. The first-order valence-electron chi connectivity index (χ1n) is 9.47. The third-order valence-electron chi connectivity index (χ3n) is 4.33. The van der Waals surface area contributed by atoms with Crippen LogP contribution in [0.3, 0.4) is 0 Å². The van der Waals surface area contributed by atoms with Crippen LogP contribution in [-0.2, 0) is 5.41 Å². The first-order chi connectivity index (χ1) is 12.8. The Hall–Kier alpha value is -2.69. The number of pyridine rings is 1. The molecule has 2 rings (SSSR count). The number of aromatic nitrogens is 1. The average Bonchev–Trinajstić information content (AvgIpc) is 2.65. The second kappa shape index (κ2) is 9.31. The molecule has 0 aliphatic carbocycles. The number of rotatable bonds is 7. The summed E-state index contributed by atoms with van der Waals surface area (Å²) in [5.74, 6) is -0.517. The Morgan fingerprint density at radius 1 is 1.00 bits per heavy atom. The number of amides is 2. The first-order valence-corrected chi connectivity index (χ1v) is 9.47. The fourth-order valence-electron chi connectivity index (χ4n) is 2.62. The van der Waals surface area contributed by atoms with Crippen LogP contribution in [0.2, 0.25) is 0 Å². The third kappa shape index (κ3) is 6.20. The van der Waals surface area contributed by atoms with Gasteiger partial charge in [0.25, 0.3) is 11.8 Å². The quantitative estimate of drug-likeness (QED) is 0.705. The highest BCUT2D eigenvalue weighted by atomic mass is 16.2. The number of benzene rings is 1. The van der Waals surface area contributed by atoms with E-state index in [4.69, 9.17) is 0 Å². The molecule has 0 aliphatic rings. The van der Waals surface area contributed by atoms with Crippen molar-refractivity contribution >= 4 is 17.5 Å². The summed E-state index contributed by atoms with van der Waals surface area (Å²) in [6.45, 7) is 9.18. The number of carbonyl (C=O) groups excluding carboxylic acids is 2. The Labute approximate surface area is 161 Å². The standard InChI is InChI=1S/C22H29N3O2/c1-5-6-7-13-24-20(26)16-12-14-23-19(15-16)21(27)25-18-10-8-17(9-11-18)22(2,3)4/h8-12,14-15H,5-7,13H2,1-4H3,(H,24,26)(H,25,27). The molecule has 1 heterocycles. The van der Waals surface area contributed by atoms with Crippen molar-refractivity contribution in [1.82, 2.24) is 10.3 Å². The number of hydrogen-bond donors (Lipinski definition) is 2. The number of anilines is 1. The molecular weight excluding hydrogens is 338 g/mol. The van der Waals surface area contributed by atoms with Gasteiger partial charge in [0.1, 0.15) is 5.69 Å². The van der Waals surface area contributed by atoms with Gasteiger partial charge in [0.05, 0.1) is 0 Å². The summed E-state index contributed by atoms with van der Waals surface area (Å²) in [6.07, 6.45) is 4.62. The van der Waals surface area contributed by atoms with Crippen molar-refractivity contribution < 1.29 is 9.59 Å². The number of unbranched alkanes of at least 4 members (excludes halogenated alkanes) is 2. The molecule has 144 valence electrons. The molecule has 0 fully saturated rings. The van der Waals surface area contributed by atoms with Crippen LogP contribution in [0.4, 0.5) is 5.69 Å². The Morgan fingerprint density at radius 3 is 2.33 bits per heavy atom. The molecule has 0 unspecified atom stereocenters. The third-order valence-corrected chi connectivity index (χ3v) is 4.33. The maximum absolute atomic E-state index is 12.5. The lowest BCUT2D eigenvalue weighted by atomic mass is 9.87. The predicted molar refractivity (Wildman–Crippen MR) is 109 cm³/mol. The molecule has 0 spiro atoms. The molecular formula is C22H29N3O2. The molecule has 0 bridgehead atoms. The van der Waals surface area contributed by atoms with Crippen LogP contribution < -0.4 is 10.6 Å². The van der Waals surface area contributed by atoms with Gasteiger partial charge in [-0.3, -0.25) is 14.6 Å². The maximum atomic E-state index is 12.5. The Bertz CT molecular complexity index is 777. The van der Waals surface area contributed by atoms with Gasteiger partial charge in [0.2, 0.25) is 0 Å². The summed E-state index contributed by atoms with van der Waals surface area (Å²) in [4.78, 5) is 28.8. The minimum absolute atomic E-state index is 0.0584. The minimum Gasteiger partial charge on any atom is -0.352 e. The zero-order valence-electron chi connectivity index (χ0n) is 16.6. The van der Waals surface area contributed by atoms with Crippen molar-refractivity contribution in [3.8, 4) is 0 Å². The van der Waals surface area contributed by atoms with Gasteiger partial charge in [-0.15, -0.1) is 0 Å². The van der Waals surface area contributed by atoms with E-state index in [0.717, 1.165) is 19.3 Å². The van der Waals surface area contributed by atoms with E-state index in [-0.39, 0.29) is 22.9 Å². The van der Waals surface area contributed by atoms with Gasteiger partial charge in [-0.25, -0.2) is 0 Å². The molecule has 1 aromatic carbocycles. The fourth-order valence-corrected chi connectivity index (χ4v) is 2.62. The van der Waals surface area contributed by atoms with E-state index in [0.29, 0.717) is 17.8 Å². The number of nitrogens with zero attached hydrogens (tertiary/aromatic N) is 1. The highest BCUT2D eigenvalue weighted by Gasteiger charge is 2.15. The number of nitrogens with one attached hydrogen (secondary N) is 2. The maximum Gasteiger partial charge on any atom is 0.274 e. The van der Waals surface area contributed by atoms with Gasteiger partial charge >= 0.3 is 0 Å². The molecule has 0 saturated carbocycles. The smallest absolute Gasteiger partial charge is 0.274 e. The molecule has 0 atom stereocenters. The van der Waals surface area contributed by atoms with Crippen LogP contribution in [0.5, 0.6) is 0 Å². The van der Waals surface area contributed by atoms with Gasteiger partial charge in [-0.2, -0.15) is 0 Å². The van der Waals surface area contributed by atoms with E-state index in [9.17, 15) is 9.59 Å². The second-order valence-corrected chi connectivity index (χ2v) is 7.67. The molecule has 0 radical (unpaired) electrons. The van der Waals surface area contributed by atoms with Crippen LogP contribution >= 0.6 is 0 Å². The lowest BCUT2D eigenvalue weighted by Gasteiger charge is -2.19. The van der Waals surface area contributed by atoms with E-state index in [1.807, 2.05) is 24.3 Å². The van der Waals surface area contributed by atoms with E-state index < -0.39 is 0 Å². The molecule has 2 aromatic rings. The van der Waals surface area contributed by atoms with Crippen molar-refractivity contribution in [2.24, 2.45) is 0 Å². The molecule has 5 heteroatoms. The first kappa shape index (κ1) is 20.6. The zero-order valence-corrected chi connectivity index (χ0v) is 16.6. The Balaban J connectivity index is 2.01. The predicted octanol–water partition coefficient (Wildman–Crippen LogP) is 4.55. The highest BCUT2D eigenvalue weighted by molar-refractivity contribution is 6.04. The topological polar surface area (TPSA) is 71.1 Å². The van der Waals surface area contributed by atoms with E-state index in [2.05, 4.69) is 43.3 Å². The largest absolute Gasteiger partial charge is 0.352 e. The van der Waals surface area contributed by atoms with Gasteiger partial charge in [0, 0.05) is 24.0 Å². The average molecular weight is 367 g/mol. The Kier molecular flexibility index (Phi) is 7.11. The van der Waals surface area contributed by atoms with Gasteiger partial charge in [0.15, 0.2) is 0 Å². The lowest BCUT2D eigenvalue weighted by Crippen LogP contribution is -2.25. The van der Waals surface area contributed by atoms with Gasteiger partial charge in [-0.05, 0) is 41.7 Å². The Morgan fingerprint density at radius 2 is 1.70 bits per heavy atom. The van der Waals surface area contributed by atoms with E-state index in [1.165, 1.54) is 17.8 Å². The van der Waals surface area contributed by atoms with Gasteiger partial charge < -0.3 is 10.6 Å². The van der Waals surface area contributed by atoms with Crippen LogP contribution in [0.1, 0.15) is 73.4 Å². The fraction of sp³-hybridized carbons (Fsp3) is 0.409. The number of hydrogen-bond acceptors (Lipinski definition) is 3. The van der Waals surface area contributed by atoms with Gasteiger partial charge in [-0.1, -0.05) is 52.7 Å². The van der Waals surface area contributed by atoms with Crippen molar-refractivity contribution in [3.05, 3.63) is 59.4 Å². The lowest BCUT2D eigenvalue weighted by molar-refractivity contribution is 0.0953. The van der Waals surface area contributed by atoms with Crippen molar-refractivity contribution in [2.45, 2.75) is 52.4 Å². The van der Waals surface area contributed by atoms with E-state index in [1.54, 1.807) is 6.07 Å². The summed E-state index contributed by atoms with van der Waals surface area (Å²) in [6, 6.07) is 10.9. The van der Waals surface area contributed by atoms with Crippen molar-refractivity contribution in [3.63, 3.8) is 0 Å². The van der Waals surface area contributed by atoms with Crippen LogP contribution in [0, 0.1) is 0 Å². The summed E-state index contributed by atoms with van der Waals surface area (Å²) < 4.78 is 0. The summed E-state index contributed by atoms with van der Waals surface area (Å²) in [5.41, 5.74) is 2.61. The van der Waals surface area contributed by atoms with Crippen LogP contribution in [0.15, 0.2) is 42.6 Å². The minimum atomic E-state index is -0.334. The summed E-state index contributed by atoms with van der Waals surface area (Å²) in [7, 11) is 0. The van der Waals surface area contributed by atoms with Crippen LogP contribution in [-0.4, -0.2) is 23.3 Å². The molecule has 2 N–H and O–H groups in total. The zero-order chi connectivity index (χ0) is 19.9. The molecule has 5 nitrogen and oxygen atoms in total. The molecule has 0 aliphatic heterocycles. The van der Waals surface area contributed by atoms with Crippen molar-refractivity contribution in [1.29, 1.82) is 0 Å². The molecule has 1 aromatic heterocycles. The van der Waals surface area contributed by atoms with Crippen LogP contribution in [0.25, 0.3) is 0 Å². The normalized spacial score (nSPS) is 11.1.